The van der Waals surface area contributed by atoms with E-state index in [9.17, 15) is 0 Å². The van der Waals surface area contributed by atoms with Crippen LogP contribution >= 0.6 is 15.9 Å². The average molecular weight is 240 g/mol. The van der Waals surface area contributed by atoms with Crippen molar-refractivity contribution in [2.24, 2.45) is 0 Å². The van der Waals surface area contributed by atoms with Gasteiger partial charge in [0.1, 0.15) is 0 Å². The van der Waals surface area contributed by atoms with Gasteiger partial charge in [-0.3, -0.25) is 0 Å². The minimum absolute atomic E-state index is 0. The monoisotopic (exact) mass is 239 g/mol. The summed E-state index contributed by atoms with van der Waals surface area (Å²) >= 11 is 3.45. The van der Waals surface area contributed by atoms with E-state index >= 15 is 0 Å². The van der Waals surface area contributed by atoms with Crippen molar-refractivity contribution in [3.63, 3.8) is 0 Å². The zero-order chi connectivity index (χ0) is 8.27. The van der Waals surface area contributed by atoms with Gasteiger partial charge in [-0.05, 0) is 11.6 Å². The average Bonchev–Trinajstić information content (AvgIpc) is 2.04. The molecule has 0 radical (unpaired) electrons. The molecule has 64 valence electrons. The summed E-state index contributed by atoms with van der Waals surface area (Å²) < 4.78 is 0. The summed E-state index contributed by atoms with van der Waals surface area (Å²) in [5.74, 6) is 0. The topological polar surface area (TPSA) is 3.24 Å². The number of hydrogen-bond acceptors (Lipinski definition) is 1. The second-order valence-electron chi connectivity index (χ2n) is 2.66. The van der Waals surface area contributed by atoms with Crippen molar-refractivity contribution >= 4 is 44.7 Å². The predicted octanol–water partition coefficient (Wildman–Crippen LogP) is 2.49. The molecule has 0 aromatic heterocycles. The maximum Gasteiger partial charge on any atom is 2.00 e. The molecule has 0 aliphatic rings. The summed E-state index contributed by atoms with van der Waals surface area (Å²) in [4.78, 5) is 2.12. The van der Waals surface area contributed by atoms with Crippen LogP contribution in [0.5, 0.6) is 0 Å². The summed E-state index contributed by atoms with van der Waals surface area (Å²) in [6, 6.07) is 8.37. The van der Waals surface area contributed by atoms with Crippen LogP contribution in [0, 0.1) is 0 Å². The molecule has 0 aliphatic heterocycles. The molecule has 12 heavy (non-hydrogen) atoms. The van der Waals surface area contributed by atoms with Crippen molar-refractivity contribution in [2.45, 2.75) is 5.33 Å². The fraction of sp³-hybridized carbons (Fsp3) is 0.333. The quantitative estimate of drug-likeness (QED) is 0.567. The Balaban J connectivity index is -0.000000403. The van der Waals surface area contributed by atoms with Crippen LogP contribution in [0.3, 0.4) is 0 Å². The number of nitrogens with zero attached hydrogens (tertiary/aromatic N) is 1. The number of benzene rings is 1. The summed E-state index contributed by atoms with van der Waals surface area (Å²) in [5, 5.41) is 0.918. The zero-order valence-electron chi connectivity index (χ0n) is 9.55. The molecule has 0 atom stereocenters. The standard InChI is InChI=1S/C9H12BrN.Mg.2H/c1-11(2)9-6-4-3-5-8(9)7-10;;;/h3-6H,7H2,1-2H3;;;/q;+2;2*-1. The van der Waals surface area contributed by atoms with E-state index in [1.54, 1.807) is 0 Å². The molecule has 0 aliphatic carbocycles. The molecule has 0 saturated carbocycles. The minimum Gasteiger partial charge on any atom is -1.00 e. The van der Waals surface area contributed by atoms with Gasteiger partial charge >= 0.3 is 23.1 Å². The SMILES string of the molecule is CN(C)c1ccccc1CBr.[H-].[H-].[Mg+2]. The molecule has 0 amide bonds. The Morgan fingerprint density at radius 2 is 1.92 bits per heavy atom. The Morgan fingerprint density at radius 1 is 1.33 bits per heavy atom. The maximum atomic E-state index is 3.45. The number of hydrogen-bond donors (Lipinski definition) is 0. The van der Waals surface area contributed by atoms with E-state index < -0.39 is 0 Å². The minimum atomic E-state index is 0. The summed E-state index contributed by atoms with van der Waals surface area (Å²) in [6.45, 7) is 0. The number of alkyl halides is 1. The second-order valence-corrected chi connectivity index (χ2v) is 3.22. The van der Waals surface area contributed by atoms with Crippen LogP contribution in [0.15, 0.2) is 24.3 Å². The molecular formula is C9H14BrMgN. The molecule has 1 nitrogen and oxygen atoms in total. The third kappa shape index (κ3) is 2.96. The van der Waals surface area contributed by atoms with Gasteiger partial charge in [0.05, 0.1) is 0 Å². The molecule has 0 heterocycles. The molecule has 0 N–H and O–H groups in total. The van der Waals surface area contributed by atoms with Crippen molar-refractivity contribution in [1.82, 2.24) is 0 Å². The van der Waals surface area contributed by atoms with Crippen LogP contribution in [0.4, 0.5) is 5.69 Å². The Labute approximate surface area is 101 Å². The van der Waals surface area contributed by atoms with Gasteiger partial charge in [-0.2, -0.15) is 0 Å². The van der Waals surface area contributed by atoms with Crippen LogP contribution in [-0.4, -0.2) is 37.1 Å². The van der Waals surface area contributed by atoms with Crippen molar-refractivity contribution < 1.29 is 2.85 Å². The largest absolute Gasteiger partial charge is 2.00 e. The van der Waals surface area contributed by atoms with E-state index in [1.165, 1.54) is 11.3 Å². The van der Waals surface area contributed by atoms with Gasteiger partial charge in [0.15, 0.2) is 0 Å². The second kappa shape index (κ2) is 5.83. The van der Waals surface area contributed by atoms with Gasteiger partial charge in [-0.1, -0.05) is 34.1 Å². The van der Waals surface area contributed by atoms with E-state index in [0.717, 1.165) is 5.33 Å². The smallest absolute Gasteiger partial charge is 1.00 e. The number of anilines is 1. The van der Waals surface area contributed by atoms with Crippen LogP contribution in [0.25, 0.3) is 0 Å². The van der Waals surface area contributed by atoms with Gasteiger partial charge in [-0.25, -0.2) is 0 Å². The van der Waals surface area contributed by atoms with Gasteiger partial charge in [-0.15, -0.1) is 0 Å². The third-order valence-corrected chi connectivity index (χ3v) is 2.22. The van der Waals surface area contributed by atoms with E-state index in [4.69, 9.17) is 0 Å². The Bertz CT molecular complexity index is 246. The molecule has 3 heteroatoms. The summed E-state index contributed by atoms with van der Waals surface area (Å²) in [6.07, 6.45) is 0. The Morgan fingerprint density at radius 3 is 2.33 bits per heavy atom. The molecule has 0 saturated heterocycles. The van der Waals surface area contributed by atoms with Gasteiger partial charge < -0.3 is 7.75 Å². The molecular weight excluding hydrogens is 226 g/mol. The molecule has 1 aromatic rings. The number of halogens is 1. The van der Waals surface area contributed by atoms with Crippen molar-refractivity contribution in [3.05, 3.63) is 29.8 Å². The van der Waals surface area contributed by atoms with Gasteiger partial charge in [0, 0.05) is 25.1 Å². The normalized spacial score (nSPS) is 8.92. The maximum absolute atomic E-state index is 3.45. The van der Waals surface area contributed by atoms with E-state index in [2.05, 4.69) is 59.2 Å². The van der Waals surface area contributed by atoms with Gasteiger partial charge in [0.25, 0.3) is 0 Å². The van der Waals surface area contributed by atoms with Crippen LogP contribution < -0.4 is 4.90 Å². The molecule has 0 unspecified atom stereocenters. The first kappa shape index (κ1) is 12.3. The Kier molecular flexibility index (Phi) is 5.96. The van der Waals surface area contributed by atoms with E-state index in [0.29, 0.717) is 0 Å². The molecule has 1 rings (SSSR count). The first-order chi connectivity index (χ1) is 5.25. The summed E-state index contributed by atoms with van der Waals surface area (Å²) in [5.41, 5.74) is 2.61. The number of rotatable bonds is 2. The first-order valence-electron chi connectivity index (χ1n) is 3.57. The predicted molar refractivity (Wildman–Crippen MR) is 61.4 cm³/mol. The van der Waals surface area contributed by atoms with Gasteiger partial charge in [0.2, 0.25) is 0 Å². The van der Waals surface area contributed by atoms with Crippen molar-refractivity contribution in [1.29, 1.82) is 0 Å². The van der Waals surface area contributed by atoms with Crippen LogP contribution in [-0.2, 0) is 5.33 Å². The fourth-order valence-electron chi connectivity index (χ4n) is 1.06. The fourth-order valence-corrected chi connectivity index (χ4v) is 1.53. The first-order valence-corrected chi connectivity index (χ1v) is 4.69. The molecule has 0 fully saturated rings. The van der Waals surface area contributed by atoms with Crippen LogP contribution in [0.1, 0.15) is 8.42 Å². The third-order valence-electron chi connectivity index (χ3n) is 1.62. The number of para-hydroxylation sites is 1. The van der Waals surface area contributed by atoms with Crippen molar-refractivity contribution in [2.75, 3.05) is 19.0 Å². The molecule has 1 aromatic carbocycles. The van der Waals surface area contributed by atoms with Crippen molar-refractivity contribution in [3.8, 4) is 0 Å². The molecule has 0 spiro atoms. The zero-order valence-corrected chi connectivity index (χ0v) is 10.5. The summed E-state index contributed by atoms with van der Waals surface area (Å²) in [7, 11) is 4.11. The van der Waals surface area contributed by atoms with Crippen LogP contribution in [0.2, 0.25) is 0 Å². The molecule has 0 bridgehead atoms. The Hall–Kier alpha value is 0.266. The van der Waals surface area contributed by atoms with E-state index in [1.807, 2.05) is 0 Å². The van der Waals surface area contributed by atoms with E-state index in [-0.39, 0.29) is 25.9 Å².